The molecule has 1 unspecified atom stereocenters. The van der Waals surface area contributed by atoms with Gasteiger partial charge in [0.1, 0.15) is 0 Å². The monoisotopic (exact) mass is 301 g/mol. The third kappa shape index (κ3) is 3.66. The lowest BCUT2D eigenvalue weighted by Gasteiger charge is -2.21. The van der Waals surface area contributed by atoms with Crippen molar-refractivity contribution in [1.29, 1.82) is 0 Å². The highest BCUT2D eigenvalue weighted by atomic mass is 35.5. The first-order valence-electron chi connectivity index (χ1n) is 7.42. The molecule has 2 rings (SSSR count). The van der Waals surface area contributed by atoms with E-state index >= 15 is 0 Å². The van der Waals surface area contributed by atoms with Crippen LogP contribution in [0.5, 0.6) is 0 Å². The zero-order valence-electron chi connectivity index (χ0n) is 13.5. The van der Waals surface area contributed by atoms with E-state index in [1.165, 1.54) is 33.4 Å². The Labute approximate surface area is 133 Å². The number of halogens is 1. The Bertz CT molecular complexity index is 623. The Morgan fingerprint density at radius 1 is 0.952 bits per heavy atom. The average molecular weight is 302 g/mol. The maximum atomic E-state index is 6.43. The first kappa shape index (κ1) is 16.1. The molecule has 1 nitrogen and oxygen atoms in total. The van der Waals surface area contributed by atoms with Crippen LogP contribution in [0.15, 0.2) is 30.3 Å². The first-order valence-corrected chi connectivity index (χ1v) is 7.80. The van der Waals surface area contributed by atoms with Crippen LogP contribution < -0.4 is 5.32 Å². The van der Waals surface area contributed by atoms with Crippen molar-refractivity contribution in [2.45, 2.75) is 40.2 Å². The summed E-state index contributed by atoms with van der Waals surface area (Å²) in [5, 5.41) is 4.26. The van der Waals surface area contributed by atoms with Crippen LogP contribution in [0.4, 0.5) is 0 Å². The minimum Gasteiger partial charge on any atom is -0.313 e. The molecule has 1 atom stereocenters. The molecule has 2 aromatic carbocycles. The molecule has 0 heterocycles. The maximum absolute atomic E-state index is 6.43. The Morgan fingerprint density at radius 3 is 2.10 bits per heavy atom. The fourth-order valence-electron chi connectivity index (χ4n) is 3.02. The van der Waals surface area contributed by atoms with Gasteiger partial charge in [-0.15, -0.1) is 0 Å². The lowest BCUT2D eigenvalue weighted by Crippen LogP contribution is -2.20. The Kier molecular flexibility index (Phi) is 5.08. The second-order valence-electron chi connectivity index (χ2n) is 5.95. The molecule has 0 saturated carbocycles. The summed E-state index contributed by atoms with van der Waals surface area (Å²) in [6.45, 7) is 8.60. The number of likely N-dealkylation sites (N-methyl/N-ethyl adjacent to an activating group) is 1. The third-order valence-electron chi connectivity index (χ3n) is 4.13. The molecule has 2 heteroatoms. The zero-order valence-corrected chi connectivity index (χ0v) is 14.3. The molecule has 1 N–H and O–H groups in total. The van der Waals surface area contributed by atoms with Gasteiger partial charge < -0.3 is 5.32 Å². The molecule has 0 saturated heterocycles. The number of hydrogen-bond donors (Lipinski definition) is 1. The first-order chi connectivity index (χ1) is 9.92. The van der Waals surface area contributed by atoms with Crippen LogP contribution in [0.3, 0.4) is 0 Å². The lowest BCUT2D eigenvalue weighted by molar-refractivity contribution is 0.589. The van der Waals surface area contributed by atoms with E-state index in [9.17, 15) is 0 Å². The highest BCUT2D eigenvalue weighted by Crippen LogP contribution is 2.29. The van der Waals surface area contributed by atoms with Crippen LogP contribution in [0.25, 0.3) is 0 Å². The second-order valence-corrected chi connectivity index (χ2v) is 6.35. The fourth-order valence-corrected chi connectivity index (χ4v) is 3.39. The highest BCUT2D eigenvalue weighted by Gasteiger charge is 2.16. The van der Waals surface area contributed by atoms with Gasteiger partial charge in [0.25, 0.3) is 0 Å². The number of benzene rings is 2. The van der Waals surface area contributed by atoms with E-state index in [-0.39, 0.29) is 6.04 Å². The largest absolute Gasteiger partial charge is 0.313 e. The molecule has 0 bridgehead atoms. The molecule has 0 fully saturated rings. The van der Waals surface area contributed by atoms with Gasteiger partial charge in [-0.05, 0) is 75.0 Å². The van der Waals surface area contributed by atoms with Crippen molar-refractivity contribution in [3.63, 3.8) is 0 Å². The SMILES string of the molecule is CNC(Cc1c(C)cc(C)cc1C)c1ccc(C)cc1Cl. The van der Waals surface area contributed by atoms with Gasteiger partial charge in [-0.3, -0.25) is 0 Å². The van der Waals surface area contributed by atoms with Crippen LogP contribution >= 0.6 is 11.6 Å². The van der Waals surface area contributed by atoms with E-state index < -0.39 is 0 Å². The normalized spacial score (nSPS) is 12.5. The molecule has 0 amide bonds. The minimum absolute atomic E-state index is 0.234. The van der Waals surface area contributed by atoms with E-state index in [1.807, 2.05) is 13.1 Å². The molecule has 0 aromatic heterocycles. The molecule has 0 radical (unpaired) electrons. The van der Waals surface area contributed by atoms with Crippen molar-refractivity contribution in [1.82, 2.24) is 5.32 Å². The molecular weight excluding hydrogens is 278 g/mol. The van der Waals surface area contributed by atoms with Gasteiger partial charge >= 0.3 is 0 Å². The predicted octanol–water partition coefficient (Wildman–Crippen LogP) is 5.08. The summed E-state index contributed by atoms with van der Waals surface area (Å²) < 4.78 is 0. The van der Waals surface area contributed by atoms with Crippen LogP contribution in [0, 0.1) is 27.7 Å². The minimum atomic E-state index is 0.234. The van der Waals surface area contributed by atoms with Crippen LogP contribution in [-0.4, -0.2) is 7.05 Å². The van der Waals surface area contributed by atoms with Gasteiger partial charge in [0.05, 0.1) is 0 Å². The molecule has 0 aliphatic carbocycles. The van der Waals surface area contributed by atoms with E-state index in [2.05, 4.69) is 57.3 Å². The van der Waals surface area contributed by atoms with Gasteiger partial charge in [0, 0.05) is 11.1 Å². The van der Waals surface area contributed by atoms with Gasteiger partial charge in [-0.1, -0.05) is 41.4 Å². The van der Waals surface area contributed by atoms with Crippen LogP contribution in [0.2, 0.25) is 5.02 Å². The number of nitrogens with one attached hydrogen (secondary N) is 1. The summed E-state index contributed by atoms with van der Waals surface area (Å²) in [7, 11) is 2.00. The van der Waals surface area contributed by atoms with Gasteiger partial charge in [0.2, 0.25) is 0 Å². The summed E-state index contributed by atoms with van der Waals surface area (Å²) in [6, 6.07) is 11.0. The summed E-state index contributed by atoms with van der Waals surface area (Å²) in [4.78, 5) is 0. The molecule has 0 aliphatic heterocycles. The van der Waals surface area contributed by atoms with Gasteiger partial charge in [-0.25, -0.2) is 0 Å². The fraction of sp³-hybridized carbons (Fsp3) is 0.368. The van der Waals surface area contributed by atoms with Crippen LogP contribution in [0.1, 0.15) is 39.4 Å². The van der Waals surface area contributed by atoms with Crippen LogP contribution in [-0.2, 0) is 6.42 Å². The Morgan fingerprint density at radius 2 is 1.57 bits per heavy atom. The summed E-state index contributed by atoms with van der Waals surface area (Å²) in [6.07, 6.45) is 0.956. The predicted molar refractivity (Wildman–Crippen MR) is 92.3 cm³/mol. The third-order valence-corrected chi connectivity index (χ3v) is 4.46. The second kappa shape index (κ2) is 6.64. The maximum Gasteiger partial charge on any atom is 0.0456 e. The van der Waals surface area contributed by atoms with Gasteiger partial charge in [-0.2, -0.15) is 0 Å². The molecule has 112 valence electrons. The average Bonchev–Trinajstić information content (AvgIpc) is 2.39. The molecule has 0 spiro atoms. The summed E-state index contributed by atoms with van der Waals surface area (Å²) in [5.41, 5.74) is 7.82. The quantitative estimate of drug-likeness (QED) is 0.830. The Balaban J connectivity index is 2.36. The van der Waals surface area contributed by atoms with Crippen molar-refractivity contribution in [3.8, 4) is 0 Å². The smallest absolute Gasteiger partial charge is 0.0456 e. The van der Waals surface area contributed by atoms with Crippen molar-refractivity contribution < 1.29 is 0 Å². The van der Waals surface area contributed by atoms with E-state index in [0.29, 0.717) is 0 Å². The molecule has 0 aliphatic rings. The van der Waals surface area contributed by atoms with Crippen molar-refractivity contribution in [2.24, 2.45) is 0 Å². The van der Waals surface area contributed by atoms with Crippen molar-refractivity contribution >= 4 is 11.6 Å². The molecule has 2 aromatic rings. The van der Waals surface area contributed by atoms with E-state index in [0.717, 1.165) is 11.4 Å². The van der Waals surface area contributed by atoms with E-state index in [1.54, 1.807) is 0 Å². The standard InChI is InChI=1S/C19H24ClN/c1-12-6-7-16(18(20)10-12)19(21-5)11-17-14(3)8-13(2)9-15(17)4/h6-10,19,21H,11H2,1-5H3. The topological polar surface area (TPSA) is 12.0 Å². The number of hydrogen-bond acceptors (Lipinski definition) is 1. The lowest BCUT2D eigenvalue weighted by atomic mass is 9.91. The number of aryl methyl sites for hydroxylation is 4. The molecule has 21 heavy (non-hydrogen) atoms. The Hall–Kier alpha value is -1.31. The summed E-state index contributed by atoms with van der Waals surface area (Å²) >= 11 is 6.43. The van der Waals surface area contributed by atoms with E-state index in [4.69, 9.17) is 11.6 Å². The summed E-state index contributed by atoms with van der Waals surface area (Å²) in [5.74, 6) is 0. The molecular formula is C19H24ClN. The van der Waals surface area contributed by atoms with Gasteiger partial charge in [0.15, 0.2) is 0 Å². The highest BCUT2D eigenvalue weighted by molar-refractivity contribution is 6.31. The van der Waals surface area contributed by atoms with Crippen molar-refractivity contribution in [2.75, 3.05) is 7.05 Å². The zero-order chi connectivity index (χ0) is 15.6. The van der Waals surface area contributed by atoms with Crippen molar-refractivity contribution in [3.05, 3.63) is 68.7 Å². The number of rotatable bonds is 4.